The molecular formula is C20H26O6. The summed E-state index contributed by atoms with van der Waals surface area (Å²) in [6.07, 6.45) is 4.69. The lowest BCUT2D eigenvalue weighted by molar-refractivity contribution is -0.147. The molecule has 1 aliphatic heterocycles. The SMILES string of the molecule is C=C1C(=O)O[C@@H]2C=C(COC(=O)C(C)CC)CC/C=C(\CO)C(=O)C[C@@H]12. The van der Waals surface area contributed by atoms with Crippen molar-refractivity contribution in [2.75, 3.05) is 13.2 Å². The summed E-state index contributed by atoms with van der Waals surface area (Å²) in [4.78, 5) is 36.1. The van der Waals surface area contributed by atoms with E-state index in [1.807, 2.05) is 13.8 Å². The maximum atomic E-state index is 12.3. The predicted molar refractivity (Wildman–Crippen MR) is 95.0 cm³/mol. The molecule has 0 aromatic heterocycles. The normalized spacial score (nSPS) is 27.0. The van der Waals surface area contributed by atoms with Crippen LogP contribution in [0.15, 0.2) is 35.5 Å². The van der Waals surface area contributed by atoms with Gasteiger partial charge in [0.25, 0.3) is 0 Å². The molecule has 6 heteroatoms. The molecule has 1 N–H and O–H groups in total. The van der Waals surface area contributed by atoms with Crippen LogP contribution in [0.3, 0.4) is 0 Å². The van der Waals surface area contributed by atoms with Crippen molar-refractivity contribution in [3.63, 3.8) is 0 Å². The fraction of sp³-hybridized carbons (Fsp3) is 0.550. The van der Waals surface area contributed by atoms with Gasteiger partial charge >= 0.3 is 11.9 Å². The third kappa shape index (κ3) is 4.69. The van der Waals surface area contributed by atoms with Gasteiger partial charge < -0.3 is 14.6 Å². The molecule has 6 nitrogen and oxygen atoms in total. The van der Waals surface area contributed by atoms with Crippen LogP contribution in [0, 0.1) is 11.8 Å². The molecule has 0 bridgehead atoms. The summed E-state index contributed by atoms with van der Waals surface area (Å²) in [5, 5.41) is 9.44. The third-order valence-corrected chi connectivity index (χ3v) is 4.95. The zero-order valence-corrected chi connectivity index (χ0v) is 15.3. The van der Waals surface area contributed by atoms with Crippen LogP contribution < -0.4 is 0 Å². The molecule has 1 heterocycles. The molecule has 3 atom stereocenters. The summed E-state index contributed by atoms with van der Waals surface area (Å²) in [6.45, 7) is 7.24. The fourth-order valence-corrected chi connectivity index (χ4v) is 2.96. The van der Waals surface area contributed by atoms with Crippen molar-refractivity contribution in [3.8, 4) is 0 Å². The van der Waals surface area contributed by atoms with Crippen LogP contribution in [-0.4, -0.2) is 42.1 Å². The number of aliphatic hydroxyl groups is 1. The molecule has 0 radical (unpaired) electrons. The van der Waals surface area contributed by atoms with Crippen molar-refractivity contribution < 1.29 is 29.0 Å². The molecule has 1 aliphatic carbocycles. The summed E-state index contributed by atoms with van der Waals surface area (Å²) in [5.41, 5.74) is 1.41. The Hall–Kier alpha value is -2.21. The maximum absolute atomic E-state index is 12.3. The van der Waals surface area contributed by atoms with E-state index in [2.05, 4.69) is 6.58 Å². The van der Waals surface area contributed by atoms with Gasteiger partial charge in [0, 0.05) is 23.5 Å². The molecule has 1 unspecified atom stereocenters. The van der Waals surface area contributed by atoms with Gasteiger partial charge in [-0.25, -0.2) is 4.79 Å². The average Bonchev–Trinajstić information content (AvgIpc) is 2.89. The Morgan fingerprint density at radius 1 is 1.46 bits per heavy atom. The van der Waals surface area contributed by atoms with Gasteiger partial charge in [0.15, 0.2) is 5.78 Å². The number of ether oxygens (including phenoxy) is 2. The topological polar surface area (TPSA) is 89.9 Å². The van der Waals surface area contributed by atoms with Gasteiger partial charge in [0.05, 0.1) is 12.5 Å². The second-order valence-corrected chi connectivity index (χ2v) is 6.80. The van der Waals surface area contributed by atoms with Crippen LogP contribution in [0.25, 0.3) is 0 Å². The number of carbonyl (C=O) groups excluding carboxylic acids is 3. The van der Waals surface area contributed by atoms with Gasteiger partial charge in [-0.05, 0) is 30.9 Å². The Bertz CT molecular complexity index is 657. The van der Waals surface area contributed by atoms with Gasteiger partial charge in [-0.3, -0.25) is 9.59 Å². The number of allylic oxidation sites excluding steroid dienone is 1. The number of ketones is 1. The van der Waals surface area contributed by atoms with E-state index in [4.69, 9.17) is 9.47 Å². The maximum Gasteiger partial charge on any atom is 0.334 e. The third-order valence-electron chi connectivity index (χ3n) is 4.95. The molecule has 0 saturated carbocycles. The van der Waals surface area contributed by atoms with Crippen molar-refractivity contribution in [3.05, 3.63) is 35.5 Å². The molecular weight excluding hydrogens is 336 g/mol. The Morgan fingerprint density at radius 2 is 2.19 bits per heavy atom. The Morgan fingerprint density at radius 3 is 2.85 bits per heavy atom. The number of esters is 2. The minimum absolute atomic E-state index is 0.0536. The molecule has 26 heavy (non-hydrogen) atoms. The zero-order chi connectivity index (χ0) is 19.3. The van der Waals surface area contributed by atoms with Crippen LogP contribution in [0.1, 0.15) is 39.5 Å². The smallest absolute Gasteiger partial charge is 0.334 e. The van der Waals surface area contributed by atoms with Crippen LogP contribution in [0.4, 0.5) is 0 Å². The lowest BCUT2D eigenvalue weighted by atomic mass is 9.87. The van der Waals surface area contributed by atoms with Gasteiger partial charge in [-0.2, -0.15) is 0 Å². The number of hydrogen-bond donors (Lipinski definition) is 1. The first-order valence-electron chi connectivity index (χ1n) is 8.96. The molecule has 0 aromatic carbocycles. The number of aliphatic hydroxyl groups excluding tert-OH is 1. The van der Waals surface area contributed by atoms with Crippen LogP contribution in [0.2, 0.25) is 0 Å². The van der Waals surface area contributed by atoms with Gasteiger partial charge in [0.2, 0.25) is 0 Å². The van der Waals surface area contributed by atoms with E-state index in [9.17, 15) is 19.5 Å². The summed E-state index contributed by atoms with van der Waals surface area (Å²) >= 11 is 0. The van der Waals surface area contributed by atoms with Gasteiger partial charge in [-0.15, -0.1) is 0 Å². The highest BCUT2D eigenvalue weighted by atomic mass is 16.6. The number of carbonyl (C=O) groups is 3. The summed E-state index contributed by atoms with van der Waals surface area (Å²) in [6, 6.07) is 0. The van der Waals surface area contributed by atoms with E-state index in [1.165, 1.54) is 0 Å². The van der Waals surface area contributed by atoms with Crippen molar-refractivity contribution in [1.82, 2.24) is 0 Å². The van der Waals surface area contributed by atoms with E-state index < -0.39 is 18.0 Å². The second-order valence-electron chi connectivity index (χ2n) is 6.80. The molecule has 1 saturated heterocycles. The number of Topliss-reactive ketones (excluding diaryl/α,β-unsaturated/α-hetero) is 1. The monoisotopic (exact) mass is 362 g/mol. The Kier molecular flexibility index (Phi) is 6.91. The molecule has 0 aromatic rings. The highest BCUT2D eigenvalue weighted by molar-refractivity contribution is 5.98. The van der Waals surface area contributed by atoms with Crippen LogP contribution in [-0.2, 0) is 23.9 Å². The first-order chi connectivity index (χ1) is 12.4. The zero-order valence-electron chi connectivity index (χ0n) is 15.3. The van der Waals surface area contributed by atoms with Gasteiger partial charge in [0.1, 0.15) is 12.7 Å². The molecule has 0 spiro atoms. The summed E-state index contributed by atoms with van der Waals surface area (Å²) < 4.78 is 10.7. The standard InChI is InChI=1S/C20H26O6/c1-4-12(2)19(23)25-11-14-6-5-7-15(10-21)17(22)9-16-13(3)20(24)26-18(16)8-14/h7-8,12,16,18,21H,3-6,9-11H2,1-2H3/b14-8?,15-7+/t12?,16-,18+/m0/s1. The van der Waals surface area contributed by atoms with Crippen molar-refractivity contribution in [1.29, 1.82) is 0 Å². The first-order valence-corrected chi connectivity index (χ1v) is 8.96. The second kappa shape index (κ2) is 8.94. The molecule has 1 fully saturated rings. The van der Waals surface area contributed by atoms with Crippen LogP contribution >= 0.6 is 0 Å². The van der Waals surface area contributed by atoms with Crippen molar-refractivity contribution >= 4 is 17.7 Å². The highest BCUT2D eigenvalue weighted by Crippen LogP contribution is 2.33. The summed E-state index contributed by atoms with van der Waals surface area (Å²) in [5.74, 6) is -1.64. The predicted octanol–water partition coefficient (Wildman–Crippen LogP) is 2.27. The summed E-state index contributed by atoms with van der Waals surface area (Å²) in [7, 11) is 0. The van der Waals surface area contributed by atoms with E-state index >= 15 is 0 Å². The van der Waals surface area contributed by atoms with E-state index in [0.29, 0.717) is 24.8 Å². The molecule has 2 aliphatic rings. The average molecular weight is 362 g/mol. The molecule has 0 amide bonds. The number of rotatable bonds is 5. The quantitative estimate of drug-likeness (QED) is 0.458. The van der Waals surface area contributed by atoms with Crippen molar-refractivity contribution in [2.24, 2.45) is 11.8 Å². The lowest BCUT2D eigenvalue weighted by Crippen LogP contribution is -2.22. The molecule has 142 valence electrons. The first kappa shape index (κ1) is 20.1. The van der Waals surface area contributed by atoms with E-state index in [-0.39, 0.29) is 42.9 Å². The molecule has 2 rings (SSSR count). The fourth-order valence-electron chi connectivity index (χ4n) is 2.96. The van der Waals surface area contributed by atoms with Gasteiger partial charge in [-0.1, -0.05) is 26.5 Å². The Balaban J connectivity index is 2.22. The number of fused-ring (bicyclic) bond motifs is 1. The Labute approximate surface area is 153 Å². The largest absolute Gasteiger partial charge is 0.461 e. The highest BCUT2D eigenvalue weighted by Gasteiger charge is 2.39. The lowest BCUT2D eigenvalue weighted by Gasteiger charge is -2.19. The van der Waals surface area contributed by atoms with E-state index in [0.717, 1.165) is 5.57 Å². The van der Waals surface area contributed by atoms with E-state index in [1.54, 1.807) is 12.2 Å². The minimum atomic E-state index is -0.603. The minimum Gasteiger partial charge on any atom is -0.461 e. The number of hydrogen-bond acceptors (Lipinski definition) is 6. The van der Waals surface area contributed by atoms with Crippen LogP contribution in [0.5, 0.6) is 0 Å². The van der Waals surface area contributed by atoms with Crippen molar-refractivity contribution in [2.45, 2.75) is 45.6 Å².